The van der Waals surface area contributed by atoms with Crippen molar-refractivity contribution >= 4 is 17.7 Å². The zero-order valence-corrected chi connectivity index (χ0v) is 14.0. The van der Waals surface area contributed by atoms with E-state index in [1.54, 1.807) is 23.7 Å². The van der Waals surface area contributed by atoms with Gasteiger partial charge in [0.1, 0.15) is 6.61 Å². The average molecular weight is 329 g/mol. The Labute approximate surface area is 140 Å². The predicted molar refractivity (Wildman–Crippen MR) is 91.1 cm³/mol. The smallest absolute Gasteiger partial charge is 0.267 e. The number of hydrogen-bond acceptors (Lipinski definition) is 4. The SMILES string of the molecule is CSc1ccc(CN(C)C(=O)[C@@H]2COc3ccccc3O2)cc1. The van der Waals surface area contributed by atoms with E-state index in [0.29, 0.717) is 18.0 Å². The van der Waals surface area contributed by atoms with Crippen molar-refractivity contribution in [3.05, 3.63) is 54.1 Å². The molecular formula is C18H19NO3S. The Morgan fingerprint density at radius 3 is 2.57 bits per heavy atom. The van der Waals surface area contributed by atoms with Crippen molar-refractivity contribution in [2.75, 3.05) is 19.9 Å². The standard InChI is InChI=1S/C18H19NO3S/c1-19(11-13-7-9-14(23-2)10-8-13)18(20)17-12-21-15-5-3-4-6-16(15)22-17/h3-10,17H,11-12H2,1-2H3/t17-/m0/s1. The van der Waals surface area contributed by atoms with E-state index in [2.05, 4.69) is 12.1 Å². The van der Waals surface area contributed by atoms with Gasteiger partial charge in [0, 0.05) is 18.5 Å². The van der Waals surface area contributed by atoms with Gasteiger partial charge < -0.3 is 14.4 Å². The zero-order valence-electron chi connectivity index (χ0n) is 13.2. The van der Waals surface area contributed by atoms with Gasteiger partial charge in [-0.05, 0) is 36.1 Å². The monoisotopic (exact) mass is 329 g/mol. The molecule has 0 fully saturated rings. The topological polar surface area (TPSA) is 38.8 Å². The Balaban J connectivity index is 1.63. The van der Waals surface area contributed by atoms with Crippen molar-refractivity contribution in [3.8, 4) is 11.5 Å². The first kappa shape index (κ1) is 15.7. The van der Waals surface area contributed by atoms with Crippen LogP contribution in [0.5, 0.6) is 11.5 Å². The van der Waals surface area contributed by atoms with Gasteiger partial charge in [-0.15, -0.1) is 11.8 Å². The van der Waals surface area contributed by atoms with Gasteiger partial charge in [-0.25, -0.2) is 0 Å². The fourth-order valence-electron chi connectivity index (χ4n) is 2.47. The highest BCUT2D eigenvalue weighted by Crippen LogP contribution is 2.31. The van der Waals surface area contributed by atoms with Crippen LogP contribution in [0.2, 0.25) is 0 Å². The first-order valence-electron chi connectivity index (χ1n) is 7.44. The van der Waals surface area contributed by atoms with Crippen molar-refractivity contribution in [3.63, 3.8) is 0 Å². The van der Waals surface area contributed by atoms with Crippen LogP contribution in [0, 0.1) is 0 Å². The number of ether oxygens (including phenoxy) is 2. The summed E-state index contributed by atoms with van der Waals surface area (Å²) in [5.74, 6) is 1.23. The molecule has 1 aliphatic rings. The Kier molecular flexibility index (Phi) is 4.76. The average Bonchev–Trinajstić information content (AvgIpc) is 2.61. The number of amides is 1. The summed E-state index contributed by atoms with van der Waals surface area (Å²) >= 11 is 1.70. The van der Waals surface area contributed by atoms with Crippen LogP contribution in [0.3, 0.4) is 0 Å². The Bertz CT molecular complexity index is 687. The summed E-state index contributed by atoms with van der Waals surface area (Å²) in [7, 11) is 1.79. The molecule has 1 atom stereocenters. The van der Waals surface area contributed by atoms with Crippen molar-refractivity contribution < 1.29 is 14.3 Å². The lowest BCUT2D eigenvalue weighted by molar-refractivity contribution is -0.140. The molecule has 5 heteroatoms. The molecule has 0 saturated carbocycles. The Morgan fingerprint density at radius 1 is 1.17 bits per heavy atom. The quantitative estimate of drug-likeness (QED) is 0.808. The van der Waals surface area contributed by atoms with Crippen LogP contribution < -0.4 is 9.47 Å². The van der Waals surface area contributed by atoms with E-state index in [1.165, 1.54) is 4.90 Å². The van der Waals surface area contributed by atoms with E-state index in [0.717, 1.165) is 5.56 Å². The molecule has 1 heterocycles. The number of nitrogens with zero attached hydrogens (tertiary/aromatic N) is 1. The highest BCUT2D eigenvalue weighted by atomic mass is 32.2. The molecule has 2 aromatic rings. The fourth-order valence-corrected chi connectivity index (χ4v) is 2.88. The molecule has 0 saturated heterocycles. The number of thioether (sulfide) groups is 1. The van der Waals surface area contributed by atoms with Gasteiger partial charge >= 0.3 is 0 Å². The van der Waals surface area contributed by atoms with Gasteiger partial charge in [-0.2, -0.15) is 0 Å². The number of rotatable bonds is 4. The van der Waals surface area contributed by atoms with Crippen LogP contribution in [0.15, 0.2) is 53.4 Å². The molecule has 1 aliphatic heterocycles. The molecule has 0 N–H and O–H groups in total. The molecule has 0 radical (unpaired) electrons. The molecule has 0 aliphatic carbocycles. The van der Waals surface area contributed by atoms with E-state index < -0.39 is 6.10 Å². The molecule has 0 aromatic heterocycles. The lowest BCUT2D eigenvalue weighted by atomic mass is 10.2. The highest BCUT2D eigenvalue weighted by Gasteiger charge is 2.29. The van der Waals surface area contributed by atoms with Crippen LogP contribution in [0.1, 0.15) is 5.56 Å². The van der Waals surface area contributed by atoms with Gasteiger partial charge in [0.05, 0.1) is 0 Å². The maximum atomic E-state index is 12.6. The van der Waals surface area contributed by atoms with Crippen LogP contribution in [0.4, 0.5) is 0 Å². The Morgan fingerprint density at radius 2 is 1.87 bits per heavy atom. The zero-order chi connectivity index (χ0) is 16.2. The summed E-state index contributed by atoms with van der Waals surface area (Å²) in [4.78, 5) is 15.4. The van der Waals surface area contributed by atoms with Crippen LogP contribution >= 0.6 is 11.8 Å². The number of carbonyl (C=O) groups excluding carboxylic acids is 1. The number of carbonyl (C=O) groups is 1. The summed E-state index contributed by atoms with van der Waals surface area (Å²) in [6.07, 6.45) is 1.45. The minimum absolute atomic E-state index is 0.0755. The largest absolute Gasteiger partial charge is 0.485 e. The Hall–Kier alpha value is -2.14. The number of hydrogen-bond donors (Lipinski definition) is 0. The maximum Gasteiger partial charge on any atom is 0.267 e. The summed E-state index contributed by atoms with van der Waals surface area (Å²) in [5, 5.41) is 0. The van der Waals surface area contributed by atoms with E-state index in [1.807, 2.05) is 42.7 Å². The molecule has 23 heavy (non-hydrogen) atoms. The molecule has 4 nitrogen and oxygen atoms in total. The van der Waals surface area contributed by atoms with Crippen molar-refractivity contribution in [1.82, 2.24) is 4.90 Å². The number of para-hydroxylation sites is 2. The third-order valence-electron chi connectivity index (χ3n) is 3.74. The third-order valence-corrected chi connectivity index (χ3v) is 4.48. The summed E-state index contributed by atoms with van der Waals surface area (Å²) < 4.78 is 11.4. The molecule has 3 rings (SSSR count). The second-order valence-corrected chi connectivity index (χ2v) is 6.29. The number of benzene rings is 2. The van der Waals surface area contributed by atoms with Crippen LogP contribution in [-0.2, 0) is 11.3 Å². The summed E-state index contributed by atoms with van der Waals surface area (Å²) in [5.41, 5.74) is 1.09. The van der Waals surface area contributed by atoms with E-state index in [9.17, 15) is 4.79 Å². The summed E-state index contributed by atoms with van der Waals surface area (Å²) in [6.45, 7) is 0.792. The second kappa shape index (κ2) is 6.96. The lowest BCUT2D eigenvalue weighted by Crippen LogP contribution is -2.44. The van der Waals surface area contributed by atoms with Gasteiger partial charge in [0.25, 0.3) is 5.91 Å². The van der Waals surface area contributed by atoms with E-state index in [4.69, 9.17) is 9.47 Å². The van der Waals surface area contributed by atoms with Crippen molar-refractivity contribution in [2.24, 2.45) is 0 Å². The fraction of sp³-hybridized carbons (Fsp3) is 0.278. The van der Waals surface area contributed by atoms with Crippen LogP contribution in [0.25, 0.3) is 0 Å². The second-order valence-electron chi connectivity index (χ2n) is 5.41. The van der Waals surface area contributed by atoms with Crippen molar-refractivity contribution in [1.29, 1.82) is 0 Å². The molecule has 1 amide bonds. The summed E-state index contributed by atoms with van der Waals surface area (Å²) in [6, 6.07) is 15.6. The van der Waals surface area contributed by atoms with Crippen LogP contribution in [-0.4, -0.2) is 36.8 Å². The molecule has 0 unspecified atom stereocenters. The molecule has 120 valence electrons. The molecule has 0 spiro atoms. The van der Waals surface area contributed by atoms with Crippen molar-refractivity contribution in [2.45, 2.75) is 17.5 Å². The molecular weight excluding hydrogens is 310 g/mol. The highest BCUT2D eigenvalue weighted by molar-refractivity contribution is 7.98. The van der Waals surface area contributed by atoms with Gasteiger partial charge in [-0.3, -0.25) is 4.79 Å². The lowest BCUT2D eigenvalue weighted by Gasteiger charge is -2.28. The predicted octanol–water partition coefficient (Wildman–Crippen LogP) is 3.21. The molecule has 0 bridgehead atoms. The van der Waals surface area contributed by atoms with E-state index in [-0.39, 0.29) is 12.5 Å². The minimum Gasteiger partial charge on any atom is -0.485 e. The third kappa shape index (κ3) is 3.62. The van der Waals surface area contributed by atoms with Gasteiger partial charge in [0.15, 0.2) is 11.5 Å². The van der Waals surface area contributed by atoms with Gasteiger partial charge in [-0.1, -0.05) is 24.3 Å². The maximum absolute atomic E-state index is 12.6. The molecule has 2 aromatic carbocycles. The normalized spacial score (nSPS) is 16.0. The number of likely N-dealkylation sites (N-methyl/N-ethyl adjacent to an activating group) is 1. The van der Waals surface area contributed by atoms with Gasteiger partial charge in [0.2, 0.25) is 6.10 Å². The number of fused-ring (bicyclic) bond motifs is 1. The minimum atomic E-state index is -0.597. The van der Waals surface area contributed by atoms with E-state index >= 15 is 0 Å². The first-order chi connectivity index (χ1) is 11.2. The first-order valence-corrected chi connectivity index (χ1v) is 8.66.